The highest BCUT2D eigenvalue weighted by atomic mass is 32.2. The van der Waals surface area contributed by atoms with Crippen LogP contribution in [-0.2, 0) is 16.6 Å². The fraction of sp³-hybridized carbons (Fsp3) is 0.600. The van der Waals surface area contributed by atoms with Crippen molar-refractivity contribution in [3.8, 4) is 0 Å². The summed E-state index contributed by atoms with van der Waals surface area (Å²) in [4.78, 5) is 0.360. The van der Waals surface area contributed by atoms with Gasteiger partial charge in [-0.05, 0) is 55.7 Å². The van der Waals surface area contributed by atoms with Crippen molar-refractivity contribution in [2.45, 2.75) is 57.0 Å². The third-order valence-corrected chi connectivity index (χ3v) is 5.78. The Morgan fingerprint density at radius 3 is 2.50 bits per heavy atom. The Hall–Kier alpha value is -0.910. The highest BCUT2D eigenvalue weighted by Crippen LogP contribution is 2.25. The first-order valence-electron chi connectivity index (χ1n) is 7.24. The zero-order valence-electron chi connectivity index (χ0n) is 12.2. The zero-order chi connectivity index (χ0) is 14.8. The summed E-state index contributed by atoms with van der Waals surface area (Å²) < 4.78 is 27.9. The van der Waals surface area contributed by atoms with Crippen LogP contribution < -0.4 is 10.5 Å². The minimum absolute atomic E-state index is 0.0668. The highest BCUT2D eigenvalue weighted by molar-refractivity contribution is 7.89. The largest absolute Gasteiger partial charge is 0.326 e. The van der Waals surface area contributed by atoms with E-state index in [1.54, 1.807) is 6.07 Å². The van der Waals surface area contributed by atoms with Crippen LogP contribution in [0.5, 0.6) is 0 Å². The molecule has 0 saturated heterocycles. The van der Waals surface area contributed by atoms with Crippen LogP contribution in [0, 0.1) is 12.8 Å². The molecule has 1 fully saturated rings. The van der Waals surface area contributed by atoms with Gasteiger partial charge in [0.2, 0.25) is 10.0 Å². The molecule has 0 heterocycles. The molecule has 0 aromatic heterocycles. The number of nitrogens with one attached hydrogen (secondary N) is 1. The van der Waals surface area contributed by atoms with Crippen molar-refractivity contribution in [2.75, 3.05) is 0 Å². The van der Waals surface area contributed by atoms with Gasteiger partial charge in [-0.15, -0.1) is 0 Å². The third-order valence-electron chi connectivity index (χ3n) is 4.12. The molecular formula is C15H24N2O2S. The van der Waals surface area contributed by atoms with Gasteiger partial charge >= 0.3 is 0 Å². The standard InChI is InChI=1S/C15H24N2O2S/c1-11-3-7-14(8-4-11)17-20(18,19)15-9-13(10-16)6-5-12(15)2/h5-6,9,11,14,17H,3-4,7-8,10,16H2,1-2H3. The molecule has 20 heavy (non-hydrogen) atoms. The Morgan fingerprint density at radius 1 is 1.25 bits per heavy atom. The molecule has 1 aromatic rings. The third kappa shape index (κ3) is 3.59. The summed E-state index contributed by atoms with van der Waals surface area (Å²) in [6, 6.07) is 5.44. The predicted molar refractivity (Wildman–Crippen MR) is 80.8 cm³/mol. The fourth-order valence-corrected chi connectivity index (χ4v) is 4.32. The first-order chi connectivity index (χ1) is 9.42. The Balaban J connectivity index is 2.18. The molecule has 0 bridgehead atoms. The molecule has 1 saturated carbocycles. The first-order valence-corrected chi connectivity index (χ1v) is 8.72. The Kier molecular flexibility index (Phi) is 4.83. The Labute approximate surface area is 121 Å². The topological polar surface area (TPSA) is 72.2 Å². The lowest BCUT2D eigenvalue weighted by Gasteiger charge is -2.27. The maximum Gasteiger partial charge on any atom is 0.241 e. The minimum atomic E-state index is -3.45. The van der Waals surface area contributed by atoms with E-state index in [1.165, 1.54) is 0 Å². The van der Waals surface area contributed by atoms with Crippen molar-refractivity contribution in [3.63, 3.8) is 0 Å². The van der Waals surface area contributed by atoms with E-state index < -0.39 is 10.0 Å². The van der Waals surface area contributed by atoms with Gasteiger partial charge in [-0.25, -0.2) is 13.1 Å². The van der Waals surface area contributed by atoms with Gasteiger partial charge in [0.15, 0.2) is 0 Å². The number of nitrogens with two attached hydrogens (primary N) is 1. The molecule has 0 amide bonds. The van der Waals surface area contributed by atoms with E-state index in [-0.39, 0.29) is 6.04 Å². The second-order valence-corrected chi connectivity index (χ2v) is 7.56. The normalized spacial score (nSPS) is 23.8. The van der Waals surface area contributed by atoms with Crippen molar-refractivity contribution in [1.29, 1.82) is 0 Å². The summed E-state index contributed by atoms with van der Waals surface area (Å²) in [5.41, 5.74) is 7.20. The van der Waals surface area contributed by atoms with Crippen molar-refractivity contribution < 1.29 is 8.42 Å². The van der Waals surface area contributed by atoms with Gasteiger partial charge in [0, 0.05) is 12.6 Å². The average molecular weight is 296 g/mol. The zero-order valence-corrected chi connectivity index (χ0v) is 13.0. The molecule has 2 rings (SSSR count). The van der Waals surface area contributed by atoms with E-state index in [2.05, 4.69) is 11.6 Å². The molecule has 0 atom stereocenters. The van der Waals surface area contributed by atoms with Gasteiger partial charge in [-0.1, -0.05) is 19.1 Å². The Bertz CT molecular complexity index is 561. The van der Waals surface area contributed by atoms with Gasteiger partial charge in [0.1, 0.15) is 0 Å². The summed E-state index contributed by atoms with van der Waals surface area (Å²) in [5, 5.41) is 0. The summed E-state index contributed by atoms with van der Waals surface area (Å²) >= 11 is 0. The summed E-state index contributed by atoms with van der Waals surface area (Å²) in [5.74, 6) is 0.707. The van der Waals surface area contributed by atoms with Crippen molar-refractivity contribution >= 4 is 10.0 Å². The SMILES string of the molecule is Cc1ccc(CN)cc1S(=O)(=O)NC1CCC(C)CC1. The van der Waals surface area contributed by atoms with Gasteiger partial charge < -0.3 is 5.73 Å². The number of hydrogen-bond donors (Lipinski definition) is 2. The maximum atomic E-state index is 12.5. The lowest BCUT2D eigenvalue weighted by Crippen LogP contribution is -2.37. The summed E-state index contributed by atoms with van der Waals surface area (Å²) in [7, 11) is -3.45. The van der Waals surface area contributed by atoms with Crippen LogP contribution in [0.25, 0.3) is 0 Å². The molecule has 4 nitrogen and oxygen atoms in total. The minimum Gasteiger partial charge on any atom is -0.326 e. The lowest BCUT2D eigenvalue weighted by molar-refractivity contribution is 0.332. The molecule has 0 unspecified atom stereocenters. The first kappa shape index (κ1) is 15.5. The van der Waals surface area contributed by atoms with Gasteiger partial charge in [0.05, 0.1) is 4.90 Å². The fourth-order valence-electron chi connectivity index (χ4n) is 2.72. The number of rotatable bonds is 4. The van der Waals surface area contributed by atoms with E-state index in [0.29, 0.717) is 17.4 Å². The van der Waals surface area contributed by atoms with E-state index in [4.69, 9.17) is 5.73 Å². The van der Waals surface area contributed by atoms with Crippen molar-refractivity contribution in [3.05, 3.63) is 29.3 Å². The van der Waals surface area contributed by atoms with E-state index in [1.807, 2.05) is 19.1 Å². The van der Waals surface area contributed by atoms with Crippen molar-refractivity contribution in [2.24, 2.45) is 11.7 Å². The molecular weight excluding hydrogens is 272 g/mol. The molecule has 1 aliphatic rings. The number of aryl methyl sites for hydroxylation is 1. The molecule has 112 valence electrons. The second-order valence-electron chi connectivity index (χ2n) is 5.88. The van der Waals surface area contributed by atoms with Gasteiger partial charge in [0.25, 0.3) is 0 Å². The molecule has 0 aliphatic heterocycles. The maximum absolute atomic E-state index is 12.5. The van der Waals surface area contributed by atoms with E-state index in [9.17, 15) is 8.42 Å². The van der Waals surface area contributed by atoms with Crippen LogP contribution in [0.3, 0.4) is 0 Å². The van der Waals surface area contributed by atoms with Crippen LogP contribution in [0.1, 0.15) is 43.7 Å². The van der Waals surface area contributed by atoms with Crippen LogP contribution in [0.2, 0.25) is 0 Å². The Morgan fingerprint density at radius 2 is 1.90 bits per heavy atom. The monoisotopic (exact) mass is 296 g/mol. The molecule has 0 radical (unpaired) electrons. The highest BCUT2D eigenvalue weighted by Gasteiger charge is 2.25. The van der Waals surface area contributed by atoms with Gasteiger partial charge in [-0.2, -0.15) is 0 Å². The van der Waals surface area contributed by atoms with Crippen LogP contribution in [-0.4, -0.2) is 14.5 Å². The molecule has 3 N–H and O–H groups in total. The van der Waals surface area contributed by atoms with Crippen molar-refractivity contribution in [1.82, 2.24) is 4.72 Å². The lowest BCUT2D eigenvalue weighted by atomic mass is 9.88. The predicted octanol–water partition coefficient (Wildman–Crippen LogP) is 2.31. The molecule has 1 aromatic carbocycles. The number of hydrogen-bond acceptors (Lipinski definition) is 3. The van der Waals surface area contributed by atoms with Crippen LogP contribution >= 0.6 is 0 Å². The number of benzene rings is 1. The van der Waals surface area contributed by atoms with Crippen LogP contribution in [0.4, 0.5) is 0 Å². The number of sulfonamides is 1. The van der Waals surface area contributed by atoms with E-state index >= 15 is 0 Å². The average Bonchev–Trinajstić information content (AvgIpc) is 2.41. The smallest absolute Gasteiger partial charge is 0.241 e. The molecule has 0 spiro atoms. The van der Waals surface area contributed by atoms with Crippen LogP contribution in [0.15, 0.2) is 23.1 Å². The second kappa shape index (κ2) is 6.24. The molecule has 1 aliphatic carbocycles. The quantitative estimate of drug-likeness (QED) is 0.895. The van der Waals surface area contributed by atoms with Gasteiger partial charge in [-0.3, -0.25) is 0 Å². The summed E-state index contributed by atoms with van der Waals surface area (Å²) in [6.07, 6.45) is 4.04. The molecule has 5 heteroatoms. The van der Waals surface area contributed by atoms with E-state index in [0.717, 1.165) is 36.8 Å². The summed E-state index contributed by atoms with van der Waals surface area (Å²) in [6.45, 7) is 4.39.